The van der Waals surface area contributed by atoms with E-state index in [1.165, 1.54) is 18.2 Å². The van der Waals surface area contributed by atoms with Gasteiger partial charge in [-0.2, -0.15) is 0 Å². The maximum Gasteiger partial charge on any atom is 0.328 e. The van der Waals surface area contributed by atoms with Crippen LogP contribution in [0.1, 0.15) is 11.1 Å². The molecule has 1 N–H and O–H groups in total. The fraction of sp³-hybridized carbons (Fsp3) is 0.182. The first-order valence-corrected chi connectivity index (χ1v) is 6.41. The standard InChI is InChI=1S/C11H12O4S/c1-8-3-5-10(16(2,14)15)7-9(8)4-6-11(12)13/h3-7H,1-2H3,(H,12,13)/b6-4+. The fourth-order valence-corrected chi connectivity index (χ4v) is 1.85. The summed E-state index contributed by atoms with van der Waals surface area (Å²) in [5.41, 5.74) is 1.41. The predicted molar refractivity (Wildman–Crippen MR) is 61.0 cm³/mol. The Balaban J connectivity index is 3.25. The second-order valence-corrected chi connectivity index (χ2v) is 5.48. The molecule has 0 aliphatic carbocycles. The van der Waals surface area contributed by atoms with Gasteiger partial charge in [-0.05, 0) is 36.3 Å². The summed E-state index contributed by atoms with van der Waals surface area (Å²) in [6.45, 7) is 1.79. The Hall–Kier alpha value is -1.62. The smallest absolute Gasteiger partial charge is 0.328 e. The molecule has 1 aromatic carbocycles. The highest BCUT2D eigenvalue weighted by Gasteiger charge is 2.08. The van der Waals surface area contributed by atoms with Crippen LogP contribution in [0.15, 0.2) is 29.2 Å². The lowest BCUT2D eigenvalue weighted by atomic mass is 10.1. The number of hydrogen-bond acceptors (Lipinski definition) is 3. The summed E-state index contributed by atoms with van der Waals surface area (Å²) in [5, 5.41) is 8.49. The molecule has 4 nitrogen and oxygen atoms in total. The Bertz CT molecular complexity index is 541. The lowest BCUT2D eigenvalue weighted by molar-refractivity contribution is -0.131. The number of benzene rings is 1. The second-order valence-electron chi connectivity index (χ2n) is 3.46. The van der Waals surface area contributed by atoms with E-state index in [9.17, 15) is 13.2 Å². The monoisotopic (exact) mass is 240 g/mol. The van der Waals surface area contributed by atoms with Gasteiger partial charge in [-0.3, -0.25) is 0 Å². The summed E-state index contributed by atoms with van der Waals surface area (Å²) in [6, 6.07) is 4.62. The van der Waals surface area contributed by atoms with Crippen molar-refractivity contribution in [2.24, 2.45) is 0 Å². The van der Waals surface area contributed by atoms with Crippen molar-refractivity contribution in [3.63, 3.8) is 0 Å². The van der Waals surface area contributed by atoms with Crippen LogP contribution < -0.4 is 0 Å². The quantitative estimate of drug-likeness (QED) is 0.813. The highest BCUT2D eigenvalue weighted by atomic mass is 32.2. The molecule has 0 bridgehead atoms. The molecular formula is C11H12O4S. The molecule has 0 heterocycles. The zero-order valence-corrected chi connectivity index (χ0v) is 9.78. The maximum absolute atomic E-state index is 11.3. The summed E-state index contributed by atoms with van der Waals surface area (Å²) in [6.07, 6.45) is 3.48. The molecule has 5 heteroatoms. The zero-order chi connectivity index (χ0) is 12.3. The van der Waals surface area contributed by atoms with Gasteiger partial charge < -0.3 is 5.11 Å². The molecular weight excluding hydrogens is 228 g/mol. The van der Waals surface area contributed by atoms with Crippen molar-refractivity contribution in [2.75, 3.05) is 6.26 Å². The fourth-order valence-electron chi connectivity index (χ4n) is 1.19. The van der Waals surface area contributed by atoms with Gasteiger partial charge in [0.05, 0.1) is 4.90 Å². The van der Waals surface area contributed by atoms with E-state index < -0.39 is 15.8 Å². The summed E-state index contributed by atoms with van der Waals surface area (Å²) in [7, 11) is -3.26. The van der Waals surface area contributed by atoms with Crippen LogP contribution in [0.5, 0.6) is 0 Å². The Morgan fingerprint density at radius 1 is 1.38 bits per heavy atom. The number of hydrogen-bond donors (Lipinski definition) is 1. The normalized spacial score (nSPS) is 11.9. The van der Waals surface area contributed by atoms with E-state index in [-0.39, 0.29) is 4.90 Å². The molecule has 0 aliphatic heterocycles. The average molecular weight is 240 g/mol. The Kier molecular flexibility index (Phi) is 3.49. The molecule has 0 spiro atoms. The molecule has 0 fully saturated rings. The minimum atomic E-state index is -3.26. The van der Waals surface area contributed by atoms with Crippen molar-refractivity contribution in [1.82, 2.24) is 0 Å². The van der Waals surface area contributed by atoms with Crippen molar-refractivity contribution in [3.05, 3.63) is 35.4 Å². The number of carboxylic acids is 1. The van der Waals surface area contributed by atoms with Gasteiger partial charge in [-0.1, -0.05) is 6.07 Å². The molecule has 0 saturated heterocycles. The first-order valence-electron chi connectivity index (χ1n) is 4.52. The highest BCUT2D eigenvalue weighted by molar-refractivity contribution is 7.90. The van der Waals surface area contributed by atoms with E-state index >= 15 is 0 Å². The molecule has 0 saturated carbocycles. The highest BCUT2D eigenvalue weighted by Crippen LogP contribution is 2.16. The van der Waals surface area contributed by atoms with Crippen LogP contribution in [0.3, 0.4) is 0 Å². The van der Waals surface area contributed by atoms with Crippen molar-refractivity contribution in [1.29, 1.82) is 0 Å². The molecule has 86 valence electrons. The minimum Gasteiger partial charge on any atom is -0.478 e. The van der Waals surface area contributed by atoms with Crippen LogP contribution in [0.4, 0.5) is 0 Å². The van der Waals surface area contributed by atoms with Crippen LogP contribution >= 0.6 is 0 Å². The SMILES string of the molecule is Cc1ccc(S(C)(=O)=O)cc1/C=C/C(=O)O. The predicted octanol–water partition coefficient (Wildman–Crippen LogP) is 1.50. The van der Waals surface area contributed by atoms with Gasteiger partial charge in [0.15, 0.2) is 9.84 Å². The third-order valence-electron chi connectivity index (χ3n) is 2.08. The van der Waals surface area contributed by atoms with E-state index in [0.29, 0.717) is 5.56 Å². The molecule has 0 aliphatic rings. The third-order valence-corrected chi connectivity index (χ3v) is 3.19. The van der Waals surface area contributed by atoms with Crippen LogP contribution in [0, 0.1) is 6.92 Å². The topological polar surface area (TPSA) is 71.4 Å². The molecule has 0 atom stereocenters. The largest absolute Gasteiger partial charge is 0.478 e. The molecule has 16 heavy (non-hydrogen) atoms. The lowest BCUT2D eigenvalue weighted by Crippen LogP contribution is -1.98. The number of carbonyl (C=O) groups is 1. The molecule has 0 amide bonds. The van der Waals surface area contributed by atoms with E-state index in [1.54, 1.807) is 13.0 Å². The number of sulfone groups is 1. The van der Waals surface area contributed by atoms with Crippen LogP contribution in [0.2, 0.25) is 0 Å². The summed E-state index contributed by atoms with van der Waals surface area (Å²) in [5.74, 6) is -1.07. The number of aryl methyl sites for hydroxylation is 1. The van der Waals surface area contributed by atoms with Gasteiger partial charge in [0, 0.05) is 12.3 Å². The van der Waals surface area contributed by atoms with Crippen molar-refractivity contribution >= 4 is 21.9 Å². The second kappa shape index (κ2) is 4.49. The maximum atomic E-state index is 11.3. The van der Waals surface area contributed by atoms with Crippen molar-refractivity contribution in [2.45, 2.75) is 11.8 Å². The molecule has 1 aromatic rings. The van der Waals surface area contributed by atoms with Crippen molar-refractivity contribution in [3.8, 4) is 0 Å². The first kappa shape index (κ1) is 12.4. The van der Waals surface area contributed by atoms with Gasteiger partial charge in [-0.15, -0.1) is 0 Å². The third kappa shape index (κ3) is 3.20. The van der Waals surface area contributed by atoms with Gasteiger partial charge >= 0.3 is 5.97 Å². The molecule has 0 radical (unpaired) electrons. The van der Waals surface area contributed by atoms with Crippen molar-refractivity contribution < 1.29 is 18.3 Å². The average Bonchev–Trinajstić information content (AvgIpc) is 2.14. The summed E-state index contributed by atoms with van der Waals surface area (Å²) < 4.78 is 22.6. The van der Waals surface area contributed by atoms with E-state index in [0.717, 1.165) is 17.9 Å². The van der Waals surface area contributed by atoms with Crippen LogP contribution in [0.25, 0.3) is 6.08 Å². The molecule has 1 rings (SSSR count). The summed E-state index contributed by atoms with van der Waals surface area (Å²) in [4.78, 5) is 10.5. The van der Waals surface area contributed by atoms with Crippen LogP contribution in [-0.2, 0) is 14.6 Å². The summed E-state index contributed by atoms with van der Waals surface area (Å²) >= 11 is 0. The Morgan fingerprint density at radius 2 is 2.00 bits per heavy atom. The van der Waals surface area contributed by atoms with Gasteiger partial charge in [0.2, 0.25) is 0 Å². The number of carboxylic acid groups (broad SMARTS) is 1. The van der Waals surface area contributed by atoms with E-state index in [1.807, 2.05) is 0 Å². The van der Waals surface area contributed by atoms with Gasteiger partial charge in [0.1, 0.15) is 0 Å². The zero-order valence-electron chi connectivity index (χ0n) is 8.97. The first-order chi connectivity index (χ1) is 7.30. The number of aliphatic carboxylic acids is 1. The Morgan fingerprint density at radius 3 is 2.50 bits per heavy atom. The van der Waals surface area contributed by atoms with E-state index in [4.69, 9.17) is 5.11 Å². The minimum absolute atomic E-state index is 0.183. The van der Waals surface area contributed by atoms with Crippen LogP contribution in [-0.4, -0.2) is 25.7 Å². The van der Waals surface area contributed by atoms with Gasteiger partial charge in [-0.25, -0.2) is 13.2 Å². The van der Waals surface area contributed by atoms with Gasteiger partial charge in [0.25, 0.3) is 0 Å². The number of rotatable bonds is 3. The Labute approximate surface area is 94.1 Å². The molecule has 0 aromatic heterocycles. The molecule has 0 unspecified atom stereocenters. The lowest BCUT2D eigenvalue weighted by Gasteiger charge is -2.03. The van der Waals surface area contributed by atoms with E-state index in [2.05, 4.69) is 0 Å².